The van der Waals surface area contributed by atoms with Crippen molar-refractivity contribution in [2.45, 2.75) is 20.5 Å². The Morgan fingerprint density at radius 2 is 1.76 bits per heavy atom. The summed E-state index contributed by atoms with van der Waals surface area (Å²) < 4.78 is 10.5. The van der Waals surface area contributed by atoms with Gasteiger partial charge >= 0.3 is 5.97 Å². The molecule has 2 rings (SSSR count). The van der Waals surface area contributed by atoms with Crippen molar-refractivity contribution < 1.29 is 14.3 Å². The number of esters is 1. The summed E-state index contributed by atoms with van der Waals surface area (Å²) >= 11 is 0. The molecule has 4 heteroatoms. The minimum Gasteiger partial charge on any atom is -0.489 e. The number of ether oxygens (including phenoxy) is 2. The maximum atomic E-state index is 11.4. The van der Waals surface area contributed by atoms with E-state index < -0.39 is 0 Å². The number of hydrogen-bond donors (Lipinski definition) is 1. The lowest BCUT2D eigenvalue weighted by atomic mass is 10.1. The lowest BCUT2D eigenvalue weighted by Gasteiger charge is -2.12. The van der Waals surface area contributed by atoms with E-state index in [-0.39, 0.29) is 5.97 Å². The number of anilines is 1. The van der Waals surface area contributed by atoms with Gasteiger partial charge in [-0.1, -0.05) is 18.2 Å². The molecule has 0 heterocycles. The van der Waals surface area contributed by atoms with Crippen molar-refractivity contribution in [2.75, 3.05) is 12.8 Å². The van der Waals surface area contributed by atoms with Crippen LogP contribution >= 0.6 is 0 Å². The first-order valence-electron chi connectivity index (χ1n) is 6.68. The Bertz CT molecular complexity index is 648. The van der Waals surface area contributed by atoms with Crippen LogP contribution in [0.15, 0.2) is 36.4 Å². The van der Waals surface area contributed by atoms with Gasteiger partial charge in [0.25, 0.3) is 0 Å². The van der Waals surface area contributed by atoms with E-state index in [2.05, 4.69) is 4.74 Å². The molecule has 0 atom stereocenters. The van der Waals surface area contributed by atoms with Gasteiger partial charge in [-0.3, -0.25) is 0 Å². The van der Waals surface area contributed by atoms with Gasteiger partial charge in [0.2, 0.25) is 0 Å². The molecule has 0 radical (unpaired) electrons. The average molecular weight is 285 g/mol. The van der Waals surface area contributed by atoms with E-state index in [1.807, 2.05) is 38.1 Å². The third kappa shape index (κ3) is 3.54. The molecule has 0 saturated heterocycles. The zero-order valence-corrected chi connectivity index (χ0v) is 12.5. The fraction of sp³-hybridized carbons (Fsp3) is 0.235. The average Bonchev–Trinajstić information content (AvgIpc) is 2.49. The second kappa shape index (κ2) is 6.31. The zero-order valence-electron chi connectivity index (χ0n) is 12.5. The molecule has 0 saturated carbocycles. The second-order valence-corrected chi connectivity index (χ2v) is 4.95. The molecule has 0 spiro atoms. The van der Waals surface area contributed by atoms with Crippen molar-refractivity contribution in [1.82, 2.24) is 0 Å². The highest BCUT2D eigenvalue weighted by atomic mass is 16.5. The molecule has 0 aromatic heterocycles. The summed E-state index contributed by atoms with van der Waals surface area (Å²) in [4.78, 5) is 11.4. The Labute approximate surface area is 124 Å². The highest BCUT2D eigenvalue weighted by Gasteiger charge is 2.06. The quantitative estimate of drug-likeness (QED) is 0.692. The van der Waals surface area contributed by atoms with Gasteiger partial charge in [0.15, 0.2) is 0 Å². The lowest BCUT2D eigenvalue weighted by Crippen LogP contribution is -2.02. The Balaban J connectivity index is 2.06. The summed E-state index contributed by atoms with van der Waals surface area (Å²) in [6.07, 6.45) is 0. The predicted molar refractivity (Wildman–Crippen MR) is 82.4 cm³/mol. The maximum Gasteiger partial charge on any atom is 0.337 e. The van der Waals surface area contributed by atoms with Gasteiger partial charge in [0, 0.05) is 11.8 Å². The maximum absolute atomic E-state index is 11.4. The van der Waals surface area contributed by atoms with Crippen LogP contribution < -0.4 is 10.5 Å². The third-order valence-electron chi connectivity index (χ3n) is 3.33. The number of hydrogen-bond acceptors (Lipinski definition) is 4. The van der Waals surface area contributed by atoms with Crippen LogP contribution in [-0.2, 0) is 11.3 Å². The molecule has 110 valence electrons. The fourth-order valence-electron chi connectivity index (χ4n) is 2.02. The molecule has 0 unspecified atom stereocenters. The van der Waals surface area contributed by atoms with Crippen LogP contribution in [0.25, 0.3) is 0 Å². The molecule has 2 aromatic carbocycles. The van der Waals surface area contributed by atoms with Crippen molar-refractivity contribution in [1.29, 1.82) is 0 Å². The van der Waals surface area contributed by atoms with Gasteiger partial charge in [0.1, 0.15) is 12.4 Å². The normalized spacial score (nSPS) is 10.2. The van der Waals surface area contributed by atoms with Crippen molar-refractivity contribution in [3.63, 3.8) is 0 Å². The standard InChI is InChI=1S/C17H19NO3/c1-11-8-12(2)16(9-15(11)18)21-10-13-4-6-14(7-5-13)17(19)20-3/h4-9H,10,18H2,1-3H3. The van der Waals surface area contributed by atoms with Gasteiger partial charge in [-0.05, 0) is 42.7 Å². The van der Waals surface area contributed by atoms with Crippen LogP contribution in [0.1, 0.15) is 27.0 Å². The van der Waals surface area contributed by atoms with Gasteiger partial charge in [-0.2, -0.15) is 0 Å². The number of benzene rings is 2. The van der Waals surface area contributed by atoms with Gasteiger partial charge in [-0.15, -0.1) is 0 Å². The van der Waals surface area contributed by atoms with Crippen molar-refractivity contribution >= 4 is 11.7 Å². The van der Waals surface area contributed by atoms with Crippen molar-refractivity contribution in [2.24, 2.45) is 0 Å². The molecule has 21 heavy (non-hydrogen) atoms. The number of carbonyl (C=O) groups is 1. The molecule has 0 bridgehead atoms. The van der Waals surface area contributed by atoms with E-state index in [0.717, 1.165) is 28.1 Å². The first-order valence-corrected chi connectivity index (χ1v) is 6.68. The molecular formula is C17H19NO3. The van der Waals surface area contributed by atoms with E-state index in [1.165, 1.54) is 7.11 Å². The van der Waals surface area contributed by atoms with Crippen LogP contribution in [0, 0.1) is 13.8 Å². The van der Waals surface area contributed by atoms with Gasteiger partial charge in [0.05, 0.1) is 12.7 Å². The molecular weight excluding hydrogens is 266 g/mol. The Kier molecular flexibility index (Phi) is 4.48. The number of nitrogen functional groups attached to an aromatic ring is 1. The Morgan fingerprint density at radius 1 is 1.10 bits per heavy atom. The van der Waals surface area contributed by atoms with Crippen LogP contribution in [0.3, 0.4) is 0 Å². The van der Waals surface area contributed by atoms with E-state index in [0.29, 0.717) is 12.2 Å². The van der Waals surface area contributed by atoms with E-state index in [9.17, 15) is 4.79 Å². The topological polar surface area (TPSA) is 61.5 Å². The molecule has 0 fully saturated rings. The van der Waals surface area contributed by atoms with Gasteiger partial charge < -0.3 is 15.2 Å². The summed E-state index contributed by atoms with van der Waals surface area (Å²) in [5.41, 5.74) is 10.2. The monoisotopic (exact) mass is 285 g/mol. The molecule has 4 nitrogen and oxygen atoms in total. The first-order chi connectivity index (χ1) is 10.0. The molecule has 0 aliphatic carbocycles. The van der Waals surface area contributed by atoms with E-state index in [1.54, 1.807) is 12.1 Å². The summed E-state index contributed by atoms with van der Waals surface area (Å²) in [6.45, 7) is 4.38. The molecule has 0 amide bonds. The lowest BCUT2D eigenvalue weighted by molar-refractivity contribution is 0.0600. The fourth-order valence-corrected chi connectivity index (χ4v) is 2.02. The predicted octanol–water partition coefficient (Wildman–Crippen LogP) is 3.25. The summed E-state index contributed by atoms with van der Waals surface area (Å²) in [5.74, 6) is 0.430. The Hall–Kier alpha value is -2.49. The smallest absolute Gasteiger partial charge is 0.337 e. The number of carbonyl (C=O) groups excluding carboxylic acids is 1. The number of methoxy groups -OCH3 is 1. The number of aryl methyl sites for hydroxylation is 2. The second-order valence-electron chi connectivity index (χ2n) is 4.95. The van der Waals surface area contributed by atoms with Gasteiger partial charge in [-0.25, -0.2) is 4.79 Å². The largest absolute Gasteiger partial charge is 0.489 e. The first kappa shape index (κ1) is 14.9. The minimum atomic E-state index is -0.343. The SMILES string of the molecule is COC(=O)c1ccc(COc2cc(N)c(C)cc2C)cc1. The highest BCUT2D eigenvalue weighted by molar-refractivity contribution is 5.89. The van der Waals surface area contributed by atoms with Crippen LogP contribution in [0.2, 0.25) is 0 Å². The van der Waals surface area contributed by atoms with Crippen molar-refractivity contribution in [3.8, 4) is 5.75 Å². The minimum absolute atomic E-state index is 0.343. The summed E-state index contributed by atoms with van der Waals surface area (Å²) in [5, 5.41) is 0. The molecule has 2 N–H and O–H groups in total. The third-order valence-corrected chi connectivity index (χ3v) is 3.33. The summed E-state index contributed by atoms with van der Waals surface area (Å²) in [7, 11) is 1.37. The molecule has 0 aliphatic heterocycles. The van der Waals surface area contributed by atoms with Crippen LogP contribution in [-0.4, -0.2) is 13.1 Å². The molecule has 2 aromatic rings. The van der Waals surface area contributed by atoms with E-state index in [4.69, 9.17) is 10.5 Å². The van der Waals surface area contributed by atoms with Crippen LogP contribution in [0.4, 0.5) is 5.69 Å². The Morgan fingerprint density at radius 3 is 2.38 bits per heavy atom. The number of rotatable bonds is 4. The van der Waals surface area contributed by atoms with E-state index >= 15 is 0 Å². The highest BCUT2D eigenvalue weighted by Crippen LogP contribution is 2.25. The van der Waals surface area contributed by atoms with Crippen molar-refractivity contribution in [3.05, 3.63) is 58.7 Å². The van der Waals surface area contributed by atoms with Crippen LogP contribution in [0.5, 0.6) is 5.75 Å². The number of nitrogens with two attached hydrogens (primary N) is 1. The molecule has 0 aliphatic rings. The summed E-state index contributed by atoms with van der Waals surface area (Å²) in [6, 6.07) is 11.0. The zero-order chi connectivity index (χ0) is 15.4.